The van der Waals surface area contributed by atoms with Gasteiger partial charge in [0.2, 0.25) is 0 Å². The van der Waals surface area contributed by atoms with Crippen LogP contribution in [0.2, 0.25) is 0 Å². The molecule has 2 N–H and O–H groups in total. The van der Waals surface area contributed by atoms with Crippen LogP contribution in [0.1, 0.15) is 16.1 Å². The minimum Gasteiger partial charge on any atom is -0.478 e. The number of nitrogens with one attached hydrogen (secondary N) is 1. The van der Waals surface area contributed by atoms with Crippen molar-refractivity contribution >= 4 is 22.5 Å². The Bertz CT molecular complexity index is 506. The molecule has 0 atom stereocenters. The number of rotatable bonds is 5. The first-order chi connectivity index (χ1) is 8.18. The first kappa shape index (κ1) is 11.6. The molecule has 0 radical (unpaired) electrons. The number of carboxylic acid groups (broad SMARTS) is 1. The van der Waals surface area contributed by atoms with Gasteiger partial charge in [0.05, 0.1) is 12.2 Å². The molecule has 17 heavy (non-hydrogen) atoms. The number of carboxylic acids is 1. The molecule has 0 aliphatic rings. The Morgan fingerprint density at radius 1 is 1.65 bits per heavy atom. The van der Waals surface area contributed by atoms with Crippen molar-refractivity contribution in [3.8, 4) is 0 Å². The minimum absolute atomic E-state index is 0.260. The van der Waals surface area contributed by atoms with Crippen molar-refractivity contribution in [1.29, 1.82) is 0 Å². The normalized spacial score (nSPS) is 10.4. The van der Waals surface area contributed by atoms with Gasteiger partial charge >= 0.3 is 5.97 Å². The first-order valence-corrected chi connectivity index (χ1v) is 5.86. The van der Waals surface area contributed by atoms with E-state index in [9.17, 15) is 4.79 Å². The number of nitrogens with zero attached hydrogens (tertiary/aromatic N) is 3. The molecular weight excluding hydrogens is 240 g/mol. The summed E-state index contributed by atoms with van der Waals surface area (Å²) in [6.45, 7) is 2.99. The van der Waals surface area contributed by atoms with Gasteiger partial charge in [0, 0.05) is 18.9 Å². The fourth-order valence-electron chi connectivity index (χ4n) is 1.46. The standard InChI is InChI=1S/C10H12N4O2S/c1-7-8(10(15)16)9(17-13-7)11-4-6-14-5-2-3-12-14/h2-3,5,11H,4,6H2,1H3,(H,15,16). The van der Waals surface area contributed by atoms with E-state index >= 15 is 0 Å². The van der Waals surface area contributed by atoms with Gasteiger partial charge in [-0.2, -0.15) is 9.47 Å². The summed E-state index contributed by atoms with van der Waals surface area (Å²) in [7, 11) is 0. The quantitative estimate of drug-likeness (QED) is 0.842. The smallest absolute Gasteiger partial charge is 0.340 e. The second kappa shape index (κ2) is 4.96. The van der Waals surface area contributed by atoms with Gasteiger partial charge in [0.25, 0.3) is 0 Å². The molecule has 0 fully saturated rings. The van der Waals surface area contributed by atoms with Gasteiger partial charge in [0.1, 0.15) is 10.6 Å². The number of aromatic nitrogens is 3. The molecule has 0 bridgehead atoms. The molecule has 90 valence electrons. The lowest BCUT2D eigenvalue weighted by Gasteiger charge is -2.04. The van der Waals surface area contributed by atoms with Crippen LogP contribution in [0.3, 0.4) is 0 Å². The molecule has 2 aromatic rings. The molecule has 0 saturated carbocycles. The molecule has 0 unspecified atom stereocenters. The zero-order valence-corrected chi connectivity index (χ0v) is 10.1. The summed E-state index contributed by atoms with van der Waals surface area (Å²) in [5, 5.41) is 16.8. The van der Waals surface area contributed by atoms with Crippen molar-refractivity contribution in [2.24, 2.45) is 0 Å². The van der Waals surface area contributed by atoms with E-state index in [1.165, 1.54) is 11.5 Å². The molecule has 0 aliphatic heterocycles. The van der Waals surface area contributed by atoms with E-state index in [4.69, 9.17) is 5.11 Å². The van der Waals surface area contributed by atoms with E-state index in [-0.39, 0.29) is 5.56 Å². The molecular formula is C10H12N4O2S. The SMILES string of the molecule is Cc1nsc(NCCn2cccn2)c1C(=O)O. The summed E-state index contributed by atoms with van der Waals surface area (Å²) in [6, 6.07) is 1.85. The number of aryl methyl sites for hydroxylation is 1. The minimum atomic E-state index is -0.946. The van der Waals surface area contributed by atoms with Crippen molar-refractivity contribution in [3.05, 3.63) is 29.7 Å². The molecule has 0 amide bonds. The lowest BCUT2D eigenvalue weighted by molar-refractivity contribution is 0.0697. The fraction of sp³-hybridized carbons (Fsp3) is 0.300. The summed E-state index contributed by atoms with van der Waals surface area (Å²) in [5.74, 6) is -0.946. The van der Waals surface area contributed by atoms with Gasteiger partial charge in [-0.3, -0.25) is 4.68 Å². The van der Waals surface area contributed by atoms with E-state index in [0.29, 0.717) is 23.8 Å². The van der Waals surface area contributed by atoms with E-state index in [1.54, 1.807) is 17.8 Å². The van der Waals surface area contributed by atoms with Gasteiger partial charge in [-0.25, -0.2) is 4.79 Å². The van der Waals surface area contributed by atoms with Crippen molar-refractivity contribution in [2.75, 3.05) is 11.9 Å². The Balaban J connectivity index is 1.97. The zero-order valence-electron chi connectivity index (χ0n) is 9.25. The Hall–Kier alpha value is -1.89. The number of hydrogen-bond donors (Lipinski definition) is 2. The monoisotopic (exact) mass is 252 g/mol. The maximum atomic E-state index is 11.0. The van der Waals surface area contributed by atoms with Crippen molar-refractivity contribution in [3.63, 3.8) is 0 Å². The Morgan fingerprint density at radius 2 is 2.47 bits per heavy atom. The van der Waals surface area contributed by atoms with Gasteiger partial charge in [-0.05, 0) is 24.5 Å². The average molecular weight is 252 g/mol. The molecule has 7 heteroatoms. The summed E-state index contributed by atoms with van der Waals surface area (Å²) in [6.07, 6.45) is 3.57. The van der Waals surface area contributed by atoms with Gasteiger partial charge in [0.15, 0.2) is 0 Å². The summed E-state index contributed by atoms with van der Waals surface area (Å²) in [4.78, 5) is 11.0. The third kappa shape index (κ3) is 2.62. The van der Waals surface area contributed by atoms with E-state index in [2.05, 4.69) is 14.8 Å². The lowest BCUT2D eigenvalue weighted by Crippen LogP contribution is -2.12. The molecule has 0 aliphatic carbocycles. The fourth-order valence-corrected chi connectivity index (χ4v) is 2.27. The maximum Gasteiger partial charge on any atom is 0.340 e. The van der Waals surface area contributed by atoms with Crippen molar-refractivity contribution in [1.82, 2.24) is 14.2 Å². The predicted molar refractivity (Wildman–Crippen MR) is 64.5 cm³/mol. The molecule has 2 heterocycles. The Kier molecular flexibility index (Phi) is 3.38. The van der Waals surface area contributed by atoms with Crippen LogP contribution >= 0.6 is 11.5 Å². The lowest BCUT2D eigenvalue weighted by atomic mass is 10.2. The van der Waals surface area contributed by atoms with Crippen LogP contribution in [-0.2, 0) is 6.54 Å². The topological polar surface area (TPSA) is 80.0 Å². The van der Waals surface area contributed by atoms with Crippen molar-refractivity contribution < 1.29 is 9.90 Å². The maximum absolute atomic E-state index is 11.0. The molecule has 0 saturated heterocycles. The Morgan fingerprint density at radius 3 is 3.12 bits per heavy atom. The second-order valence-corrected chi connectivity index (χ2v) is 4.25. The van der Waals surface area contributed by atoms with Crippen LogP contribution in [0.25, 0.3) is 0 Å². The van der Waals surface area contributed by atoms with Crippen molar-refractivity contribution in [2.45, 2.75) is 13.5 Å². The number of hydrogen-bond acceptors (Lipinski definition) is 5. The first-order valence-electron chi connectivity index (χ1n) is 5.09. The highest BCUT2D eigenvalue weighted by Crippen LogP contribution is 2.23. The highest BCUT2D eigenvalue weighted by molar-refractivity contribution is 7.10. The van der Waals surface area contributed by atoms with Gasteiger partial charge < -0.3 is 10.4 Å². The molecule has 2 rings (SSSR count). The van der Waals surface area contributed by atoms with E-state index < -0.39 is 5.97 Å². The van der Waals surface area contributed by atoms with Crippen LogP contribution < -0.4 is 5.32 Å². The number of carbonyl (C=O) groups is 1. The third-order valence-corrected chi connectivity index (χ3v) is 3.16. The van der Waals surface area contributed by atoms with E-state index in [1.807, 2.05) is 12.3 Å². The summed E-state index contributed by atoms with van der Waals surface area (Å²) < 4.78 is 5.81. The average Bonchev–Trinajstić information content (AvgIpc) is 2.88. The number of aromatic carboxylic acids is 1. The predicted octanol–water partition coefficient (Wildman–Crippen LogP) is 1.46. The van der Waals surface area contributed by atoms with Crippen LogP contribution in [0, 0.1) is 6.92 Å². The summed E-state index contributed by atoms with van der Waals surface area (Å²) in [5.41, 5.74) is 0.805. The molecule has 0 spiro atoms. The van der Waals surface area contributed by atoms with Crippen LogP contribution in [-0.4, -0.2) is 31.8 Å². The zero-order chi connectivity index (χ0) is 12.3. The van der Waals surface area contributed by atoms with Crippen LogP contribution in [0.5, 0.6) is 0 Å². The molecule has 6 nitrogen and oxygen atoms in total. The van der Waals surface area contributed by atoms with Gasteiger partial charge in [-0.15, -0.1) is 0 Å². The van der Waals surface area contributed by atoms with E-state index in [0.717, 1.165) is 0 Å². The highest BCUT2D eigenvalue weighted by atomic mass is 32.1. The molecule has 0 aromatic carbocycles. The van der Waals surface area contributed by atoms with Crippen LogP contribution in [0.4, 0.5) is 5.00 Å². The largest absolute Gasteiger partial charge is 0.478 e. The highest BCUT2D eigenvalue weighted by Gasteiger charge is 2.16. The molecule has 2 aromatic heterocycles. The Labute approximate surface area is 102 Å². The second-order valence-electron chi connectivity index (χ2n) is 3.47. The summed E-state index contributed by atoms with van der Waals surface area (Å²) >= 11 is 1.17. The van der Waals surface area contributed by atoms with Crippen LogP contribution in [0.15, 0.2) is 18.5 Å². The third-order valence-electron chi connectivity index (χ3n) is 2.26. The number of anilines is 1. The van der Waals surface area contributed by atoms with Gasteiger partial charge in [-0.1, -0.05) is 0 Å².